The lowest BCUT2D eigenvalue weighted by atomic mass is 9.87. The fourth-order valence-electron chi connectivity index (χ4n) is 3.67. The van der Waals surface area contributed by atoms with Crippen molar-refractivity contribution in [2.24, 2.45) is 5.73 Å². The molecular formula is C23H28N2O2. The van der Waals surface area contributed by atoms with Crippen molar-refractivity contribution in [3.63, 3.8) is 0 Å². The molecule has 2 unspecified atom stereocenters. The van der Waals surface area contributed by atoms with Gasteiger partial charge in [0, 0.05) is 17.0 Å². The topological polar surface area (TPSA) is 79.1 Å². The summed E-state index contributed by atoms with van der Waals surface area (Å²) in [5.74, 6) is 0.291. The first-order chi connectivity index (χ1) is 13.0. The molecule has 0 fully saturated rings. The molecule has 0 aliphatic rings. The summed E-state index contributed by atoms with van der Waals surface area (Å²) in [6, 6.07) is 14.8. The minimum absolute atomic E-state index is 0.0509. The van der Waals surface area contributed by atoms with Crippen LogP contribution in [0.2, 0.25) is 0 Å². The Bertz CT molecular complexity index is 978. The van der Waals surface area contributed by atoms with Gasteiger partial charge in [0.25, 0.3) is 5.56 Å². The Balaban J connectivity index is 2.06. The maximum Gasteiger partial charge on any atom is 0.256 e. The lowest BCUT2D eigenvalue weighted by Gasteiger charge is -2.22. The van der Waals surface area contributed by atoms with Crippen molar-refractivity contribution in [1.82, 2.24) is 4.98 Å². The van der Waals surface area contributed by atoms with E-state index in [9.17, 15) is 9.90 Å². The highest BCUT2D eigenvalue weighted by molar-refractivity contribution is 5.89. The average molecular weight is 364 g/mol. The summed E-state index contributed by atoms with van der Waals surface area (Å²) in [4.78, 5) is 15.6. The molecule has 0 aliphatic heterocycles. The molecule has 4 nitrogen and oxygen atoms in total. The molecule has 2 aromatic carbocycles. The Morgan fingerprint density at radius 2 is 1.85 bits per heavy atom. The second kappa shape index (κ2) is 8.40. The first-order valence-corrected chi connectivity index (χ1v) is 9.72. The number of nitrogens with two attached hydrogens (primary N) is 1. The van der Waals surface area contributed by atoms with Crippen LogP contribution in [-0.4, -0.2) is 16.1 Å². The number of benzene rings is 2. The molecule has 0 saturated carbocycles. The summed E-state index contributed by atoms with van der Waals surface area (Å²) in [6.45, 7) is 4.32. The van der Waals surface area contributed by atoms with Gasteiger partial charge in [0.2, 0.25) is 0 Å². The summed E-state index contributed by atoms with van der Waals surface area (Å²) >= 11 is 0. The maximum atomic E-state index is 12.7. The second-order valence-electron chi connectivity index (χ2n) is 7.29. The predicted octanol–water partition coefficient (Wildman–Crippen LogP) is 4.91. The maximum absolute atomic E-state index is 12.7. The van der Waals surface area contributed by atoms with E-state index in [-0.39, 0.29) is 23.3 Å². The molecular weight excluding hydrogens is 336 g/mol. The van der Waals surface area contributed by atoms with Crippen LogP contribution < -0.4 is 11.3 Å². The zero-order chi connectivity index (χ0) is 19.4. The molecule has 27 heavy (non-hydrogen) atoms. The van der Waals surface area contributed by atoms with Gasteiger partial charge in [-0.3, -0.25) is 4.79 Å². The number of H-pyrrole nitrogens is 1. The van der Waals surface area contributed by atoms with Crippen molar-refractivity contribution in [3.8, 4) is 17.0 Å². The molecule has 0 saturated heterocycles. The van der Waals surface area contributed by atoms with Crippen LogP contribution in [0.5, 0.6) is 5.75 Å². The molecule has 3 aromatic rings. The number of hydrogen-bond acceptors (Lipinski definition) is 3. The van der Waals surface area contributed by atoms with Crippen molar-refractivity contribution >= 4 is 10.8 Å². The number of fused-ring (bicyclic) bond motifs is 1. The lowest BCUT2D eigenvalue weighted by Crippen LogP contribution is -2.27. The van der Waals surface area contributed by atoms with Gasteiger partial charge in [-0.15, -0.1) is 0 Å². The van der Waals surface area contributed by atoms with E-state index in [4.69, 9.17) is 5.73 Å². The van der Waals surface area contributed by atoms with Crippen LogP contribution in [0, 0.1) is 0 Å². The first kappa shape index (κ1) is 19.2. The Morgan fingerprint density at radius 3 is 2.59 bits per heavy atom. The Kier molecular flexibility index (Phi) is 5.97. The summed E-state index contributed by atoms with van der Waals surface area (Å²) < 4.78 is 0. The third kappa shape index (κ3) is 4.06. The third-order valence-electron chi connectivity index (χ3n) is 5.39. The molecule has 4 heteroatoms. The number of phenols is 1. The van der Waals surface area contributed by atoms with Crippen LogP contribution in [0.25, 0.3) is 22.0 Å². The van der Waals surface area contributed by atoms with E-state index in [0.29, 0.717) is 16.6 Å². The number of hydrogen-bond donors (Lipinski definition) is 3. The number of nitrogens with one attached hydrogen (secondary N) is 1. The molecule has 0 amide bonds. The molecule has 4 N–H and O–H groups in total. The number of phenolic OH excluding ortho intramolecular Hbond substituents is 1. The van der Waals surface area contributed by atoms with Crippen molar-refractivity contribution in [2.45, 2.75) is 51.5 Å². The highest BCUT2D eigenvalue weighted by Crippen LogP contribution is 2.32. The number of aromatic hydroxyl groups is 1. The van der Waals surface area contributed by atoms with Crippen molar-refractivity contribution < 1.29 is 5.11 Å². The molecule has 0 spiro atoms. The second-order valence-corrected chi connectivity index (χ2v) is 7.29. The minimum Gasteiger partial charge on any atom is -0.507 e. The van der Waals surface area contributed by atoms with E-state index in [1.807, 2.05) is 24.3 Å². The van der Waals surface area contributed by atoms with Crippen LogP contribution in [0.3, 0.4) is 0 Å². The van der Waals surface area contributed by atoms with E-state index in [2.05, 4.69) is 24.9 Å². The number of aromatic nitrogens is 1. The Morgan fingerprint density at radius 1 is 1.07 bits per heavy atom. The van der Waals surface area contributed by atoms with E-state index >= 15 is 0 Å². The Hall–Kier alpha value is -2.59. The predicted molar refractivity (Wildman–Crippen MR) is 112 cm³/mol. The lowest BCUT2D eigenvalue weighted by molar-refractivity contribution is 0.477. The van der Waals surface area contributed by atoms with Crippen molar-refractivity contribution in [1.29, 1.82) is 0 Å². The van der Waals surface area contributed by atoms with Gasteiger partial charge < -0.3 is 15.8 Å². The van der Waals surface area contributed by atoms with Gasteiger partial charge in [0.05, 0.1) is 5.69 Å². The zero-order valence-corrected chi connectivity index (χ0v) is 16.0. The SMILES string of the molecule is CCCCCC(N)C(C)c1cccc2c(=O)[nH]c(-c3ccccc3O)cc12. The van der Waals surface area contributed by atoms with Gasteiger partial charge in [0.1, 0.15) is 5.75 Å². The van der Waals surface area contributed by atoms with Crippen LogP contribution >= 0.6 is 0 Å². The smallest absolute Gasteiger partial charge is 0.256 e. The monoisotopic (exact) mass is 364 g/mol. The van der Waals surface area contributed by atoms with Crippen molar-refractivity contribution in [2.75, 3.05) is 0 Å². The highest BCUT2D eigenvalue weighted by Gasteiger charge is 2.18. The van der Waals surface area contributed by atoms with Gasteiger partial charge >= 0.3 is 0 Å². The van der Waals surface area contributed by atoms with Gasteiger partial charge in [-0.25, -0.2) is 0 Å². The van der Waals surface area contributed by atoms with E-state index < -0.39 is 0 Å². The molecule has 3 rings (SSSR count). The van der Waals surface area contributed by atoms with Gasteiger partial charge in [-0.1, -0.05) is 57.4 Å². The van der Waals surface area contributed by atoms with Gasteiger partial charge in [-0.2, -0.15) is 0 Å². The van der Waals surface area contributed by atoms with Crippen LogP contribution in [0.15, 0.2) is 53.3 Å². The molecule has 0 radical (unpaired) electrons. The third-order valence-corrected chi connectivity index (χ3v) is 5.39. The fourth-order valence-corrected chi connectivity index (χ4v) is 3.67. The van der Waals surface area contributed by atoms with E-state index in [1.165, 1.54) is 12.8 Å². The molecule has 0 bridgehead atoms. The van der Waals surface area contributed by atoms with Crippen LogP contribution in [0.4, 0.5) is 0 Å². The van der Waals surface area contributed by atoms with Crippen molar-refractivity contribution in [3.05, 3.63) is 64.4 Å². The summed E-state index contributed by atoms with van der Waals surface area (Å²) in [6.07, 6.45) is 4.46. The molecule has 0 aliphatic carbocycles. The quantitative estimate of drug-likeness (QED) is 0.521. The molecule has 1 aromatic heterocycles. The van der Waals surface area contributed by atoms with E-state index in [1.54, 1.807) is 18.2 Å². The fraction of sp³-hybridized carbons (Fsp3) is 0.348. The van der Waals surface area contributed by atoms with Gasteiger partial charge in [0.15, 0.2) is 0 Å². The van der Waals surface area contributed by atoms with Gasteiger partial charge in [-0.05, 0) is 47.6 Å². The largest absolute Gasteiger partial charge is 0.507 e. The molecule has 2 atom stereocenters. The number of pyridine rings is 1. The number of aromatic amines is 1. The Labute approximate surface area is 160 Å². The summed E-state index contributed by atoms with van der Waals surface area (Å²) in [7, 11) is 0. The number of unbranched alkanes of at least 4 members (excludes halogenated alkanes) is 2. The van der Waals surface area contributed by atoms with Crippen LogP contribution in [0.1, 0.15) is 51.0 Å². The summed E-state index contributed by atoms with van der Waals surface area (Å²) in [5, 5.41) is 11.7. The summed E-state index contributed by atoms with van der Waals surface area (Å²) in [5.41, 5.74) is 8.63. The zero-order valence-electron chi connectivity index (χ0n) is 16.0. The first-order valence-electron chi connectivity index (χ1n) is 9.72. The minimum atomic E-state index is -0.153. The van der Waals surface area contributed by atoms with E-state index in [0.717, 1.165) is 23.8 Å². The molecule has 1 heterocycles. The standard InChI is InChI=1S/C23H28N2O2/c1-3-4-5-12-20(24)15(2)16-10-8-11-17-19(16)14-21(25-23(17)27)18-9-6-7-13-22(18)26/h6-11,13-15,20,26H,3-5,12,24H2,1-2H3,(H,25,27). The average Bonchev–Trinajstić information content (AvgIpc) is 2.67. The normalized spacial score (nSPS) is 13.6. The van der Waals surface area contributed by atoms with Crippen LogP contribution in [-0.2, 0) is 0 Å². The highest BCUT2D eigenvalue weighted by atomic mass is 16.3. The molecule has 142 valence electrons. The number of rotatable bonds is 7. The number of para-hydroxylation sites is 1.